The van der Waals surface area contributed by atoms with E-state index in [1.165, 1.54) is 17.0 Å². The van der Waals surface area contributed by atoms with Crippen LogP contribution in [-0.2, 0) is 26.2 Å². The van der Waals surface area contributed by atoms with E-state index >= 15 is 0 Å². The Kier molecular flexibility index (Phi) is 10.8. The van der Waals surface area contributed by atoms with Gasteiger partial charge in [0.05, 0.1) is 17.2 Å². The molecular weight excluding hydrogens is 573 g/mol. The summed E-state index contributed by atoms with van der Waals surface area (Å²) in [4.78, 5) is 28.4. The molecule has 3 aromatic carbocycles. The molecule has 0 fully saturated rings. The van der Waals surface area contributed by atoms with Crippen LogP contribution in [0.15, 0.2) is 77.7 Å². The maximum Gasteiger partial charge on any atom is 0.264 e. The van der Waals surface area contributed by atoms with E-state index in [0.29, 0.717) is 21.4 Å². The lowest BCUT2D eigenvalue weighted by Gasteiger charge is -2.33. The van der Waals surface area contributed by atoms with Gasteiger partial charge in [0.15, 0.2) is 0 Å². The summed E-state index contributed by atoms with van der Waals surface area (Å²) < 4.78 is 34.6. The van der Waals surface area contributed by atoms with Crippen LogP contribution < -0.4 is 14.4 Å². The minimum absolute atomic E-state index is 0.00648. The van der Waals surface area contributed by atoms with Gasteiger partial charge in [-0.05, 0) is 69.7 Å². The zero-order valence-electron chi connectivity index (χ0n) is 22.8. The van der Waals surface area contributed by atoms with Gasteiger partial charge in [-0.1, -0.05) is 59.6 Å². The van der Waals surface area contributed by atoms with E-state index in [1.54, 1.807) is 74.5 Å². The van der Waals surface area contributed by atoms with Crippen LogP contribution >= 0.6 is 23.2 Å². The predicted molar refractivity (Wildman–Crippen MR) is 158 cm³/mol. The Morgan fingerprint density at radius 2 is 1.60 bits per heavy atom. The molecule has 0 aliphatic heterocycles. The second-order valence-electron chi connectivity index (χ2n) is 9.32. The third-order valence-corrected chi connectivity index (χ3v) is 8.36. The maximum absolute atomic E-state index is 14.0. The van der Waals surface area contributed by atoms with Crippen LogP contribution in [0.4, 0.5) is 5.69 Å². The van der Waals surface area contributed by atoms with Crippen LogP contribution in [0, 0.1) is 0 Å². The number of amides is 2. The van der Waals surface area contributed by atoms with Gasteiger partial charge in [0.1, 0.15) is 18.3 Å². The maximum atomic E-state index is 14.0. The van der Waals surface area contributed by atoms with Crippen molar-refractivity contribution >= 4 is 50.7 Å². The van der Waals surface area contributed by atoms with Gasteiger partial charge in [0, 0.05) is 22.6 Å². The molecule has 11 heteroatoms. The zero-order chi connectivity index (χ0) is 29.4. The molecule has 8 nitrogen and oxygen atoms in total. The molecule has 0 aliphatic carbocycles. The van der Waals surface area contributed by atoms with Crippen LogP contribution in [0.3, 0.4) is 0 Å². The molecule has 2 amide bonds. The van der Waals surface area contributed by atoms with Crippen molar-refractivity contribution in [3.63, 3.8) is 0 Å². The number of carbonyl (C=O) groups excluding carboxylic acids is 2. The van der Waals surface area contributed by atoms with E-state index in [0.717, 1.165) is 4.31 Å². The Morgan fingerprint density at radius 1 is 0.950 bits per heavy atom. The third-order valence-electron chi connectivity index (χ3n) is 6.00. The molecule has 0 aliphatic rings. The number of nitrogens with zero attached hydrogens (tertiary/aromatic N) is 2. The summed E-state index contributed by atoms with van der Waals surface area (Å²) in [6.45, 7) is 6.64. The Bertz CT molecular complexity index is 1430. The highest BCUT2D eigenvalue weighted by molar-refractivity contribution is 7.92. The van der Waals surface area contributed by atoms with Crippen LogP contribution in [0.1, 0.15) is 33.3 Å². The molecule has 0 radical (unpaired) electrons. The van der Waals surface area contributed by atoms with Gasteiger partial charge in [0.25, 0.3) is 10.0 Å². The molecule has 1 atom stereocenters. The lowest BCUT2D eigenvalue weighted by Crippen LogP contribution is -2.52. The van der Waals surface area contributed by atoms with Crippen molar-refractivity contribution in [3.8, 4) is 5.75 Å². The molecule has 0 heterocycles. The number of hydrogen-bond acceptors (Lipinski definition) is 5. The molecule has 1 N–H and O–H groups in total. The Morgan fingerprint density at radius 3 is 2.23 bits per heavy atom. The van der Waals surface area contributed by atoms with Gasteiger partial charge in [-0.3, -0.25) is 13.9 Å². The number of carbonyl (C=O) groups is 2. The summed E-state index contributed by atoms with van der Waals surface area (Å²) in [6, 6.07) is 18.2. The average Bonchev–Trinajstić information content (AvgIpc) is 2.91. The summed E-state index contributed by atoms with van der Waals surface area (Å²) in [6.07, 6.45) is 0. The minimum atomic E-state index is -4.21. The second kappa shape index (κ2) is 13.9. The summed E-state index contributed by atoms with van der Waals surface area (Å²) in [7, 11) is -4.21. The highest BCUT2D eigenvalue weighted by Crippen LogP contribution is 2.33. The number of ether oxygens (including phenoxy) is 1. The number of nitrogens with one attached hydrogen (secondary N) is 1. The van der Waals surface area contributed by atoms with Crippen molar-refractivity contribution in [2.24, 2.45) is 0 Å². The fraction of sp³-hybridized carbons (Fsp3) is 0.310. The monoisotopic (exact) mass is 605 g/mol. The fourth-order valence-corrected chi connectivity index (χ4v) is 5.91. The molecule has 0 saturated carbocycles. The number of benzene rings is 3. The molecule has 3 rings (SSSR count). The molecule has 40 heavy (non-hydrogen) atoms. The highest BCUT2D eigenvalue weighted by Gasteiger charge is 2.34. The zero-order valence-corrected chi connectivity index (χ0v) is 25.1. The first kappa shape index (κ1) is 31.3. The smallest absolute Gasteiger partial charge is 0.264 e. The van der Waals surface area contributed by atoms with Crippen molar-refractivity contribution in [1.82, 2.24) is 10.2 Å². The van der Waals surface area contributed by atoms with Crippen LogP contribution in [-0.4, -0.2) is 50.4 Å². The number of halogens is 2. The van der Waals surface area contributed by atoms with E-state index in [2.05, 4.69) is 5.32 Å². The summed E-state index contributed by atoms with van der Waals surface area (Å²) >= 11 is 12.5. The summed E-state index contributed by atoms with van der Waals surface area (Å²) in [5.41, 5.74) is 0.751. The fourth-order valence-electron chi connectivity index (χ4n) is 3.99. The SMILES string of the molecule is CCOc1ccccc1N(CC(=O)N(Cc1ccc(Cl)cc1Cl)C(C)C(=O)NC(C)C)S(=O)(=O)c1ccccc1. The van der Waals surface area contributed by atoms with Crippen LogP contribution in [0.2, 0.25) is 10.0 Å². The highest BCUT2D eigenvalue weighted by atomic mass is 35.5. The topological polar surface area (TPSA) is 96.0 Å². The third kappa shape index (κ3) is 7.68. The summed E-state index contributed by atoms with van der Waals surface area (Å²) in [5.74, 6) is -0.695. The summed E-state index contributed by atoms with van der Waals surface area (Å²) in [5, 5.41) is 3.55. The van der Waals surface area contributed by atoms with Gasteiger partial charge in [0.2, 0.25) is 11.8 Å². The first-order valence-corrected chi connectivity index (χ1v) is 15.0. The van der Waals surface area contributed by atoms with Crippen LogP contribution in [0.25, 0.3) is 0 Å². The van der Waals surface area contributed by atoms with Gasteiger partial charge in [-0.15, -0.1) is 0 Å². The molecule has 3 aromatic rings. The van der Waals surface area contributed by atoms with Crippen molar-refractivity contribution in [2.75, 3.05) is 17.5 Å². The molecule has 1 unspecified atom stereocenters. The number of hydrogen-bond donors (Lipinski definition) is 1. The van der Waals surface area contributed by atoms with Crippen molar-refractivity contribution in [1.29, 1.82) is 0 Å². The van der Waals surface area contributed by atoms with E-state index in [-0.39, 0.29) is 35.7 Å². The van der Waals surface area contributed by atoms with E-state index in [4.69, 9.17) is 27.9 Å². The van der Waals surface area contributed by atoms with Gasteiger partial charge < -0.3 is 15.0 Å². The Balaban J connectivity index is 2.09. The lowest BCUT2D eigenvalue weighted by atomic mass is 10.1. The van der Waals surface area contributed by atoms with Crippen molar-refractivity contribution in [3.05, 3.63) is 88.4 Å². The number of sulfonamides is 1. The van der Waals surface area contributed by atoms with Crippen molar-refractivity contribution in [2.45, 2.75) is 51.2 Å². The van der Waals surface area contributed by atoms with Gasteiger partial charge in [-0.25, -0.2) is 8.42 Å². The Labute approximate surface area is 245 Å². The number of rotatable bonds is 12. The minimum Gasteiger partial charge on any atom is -0.492 e. The molecule has 214 valence electrons. The van der Waals surface area contributed by atoms with Crippen molar-refractivity contribution < 1.29 is 22.7 Å². The first-order chi connectivity index (χ1) is 18.9. The Hall–Kier alpha value is -3.27. The lowest BCUT2D eigenvalue weighted by molar-refractivity contribution is -0.139. The van der Waals surface area contributed by atoms with E-state index in [1.807, 2.05) is 13.8 Å². The molecular formula is C29H33Cl2N3O5S. The van der Waals surface area contributed by atoms with E-state index in [9.17, 15) is 18.0 Å². The van der Waals surface area contributed by atoms with Gasteiger partial charge >= 0.3 is 0 Å². The second-order valence-corrected chi connectivity index (χ2v) is 12.0. The average molecular weight is 607 g/mol. The largest absolute Gasteiger partial charge is 0.492 e. The predicted octanol–water partition coefficient (Wildman–Crippen LogP) is 5.53. The van der Waals surface area contributed by atoms with E-state index < -0.39 is 28.5 Å². The first-order valence-electron chi connectivity index (χ1n) is 12.8. The van der Waals surface area contributed by atoms with Gasteiger partial charge in [-0.2, -0.15) is 0 Å². The quantitative estimate of drug-likeness (QED) is 0.293. The number of para-hydroxylation sites is 2. The number of anilines is 1. The van der Waals surface area contributed by atoms with Crippen LogP contribution in [0.5, 0.6) is 5.75 Å². The molecule has 0 bridgehead atoms. The molecule has 0 spiro atoms. The molecule has 0 aromatic heterocycles. The molecule has 0 saturated heterocycles. The standard InChI is InChI=1S/C29H33Cl2N3O5S/c1-5-39-27-14-10-9-13-26(27)34(40(37,38)24-11-7-6-8-12-24)19-28(35)33(21(4)29(36)32-20(2)3)18-22-15-16-23(30)17-25(22)31/h6-17,20-21H,5,18-19H2,1-4H3,(H,32,36). The normalized spacial score (nSPS) is 12.1.